The van der Waals surface area contributed by atoms with Crippen LogP contribution in [0.3, 0.4) is 0 Å². The molecule has 0 spiro atoms. The molecule has 0 bridgehead atoms. The quantitative estimate of drug-likeness (QED) is 0.880. The molecule has 2 fully saturated rings. The van der Waals surface area contributed by atoms with Crippen LogP contribution < -0.4 is 4.74 Å². The third kappa shape index (κ3) is 3.61. The van der Waals surface area contributed by atoms with Crippen molar-refractivity contribution >= 4 is 11.9 Å². The molecule has 1 saturated carbocycles. The Balaban J connectivity index is 1.77. The van der Waals surface area contributed by atoms with Crippen LogP contribution in [0.25, 0.3) is 0 Å². The number of halogens is 1. The van der Waals surface area contributed by atoms with Crippen LogP contribution in [0.4, 0.5) is 4.39 Å². The number of ether oxygens (including phenoxy) is 1. The first kappa shape index (κ1) is 17.7. The van der Waals surface area contributed by atoms with Crippen molar-refractivity contribution < 1.29 is 23.8 Å². The van der Waals surface area contributed by atoms with Crippen molar-refractivity contribution in [2.24, 2.45) is 0 Å². The molecule has 7 heteroatoms. The molecule has 25 heavy (non-hydrogen) atoms. The Hall–Kier alpha value is -2.15. The Labute approximate surface area is 146 Å². The fourth-order valence-electron chi connectivity index (χ4n) is 3.89. The highest BCUT2D eigenvalue weighted by Crippen LogP contribution is 2.29. The van der Waals surface area contributed by atoms with Crippen LogP contribution in [0, 0.1) is 5.82 Å². The number of amides is 1. The molecule has 3 rings (SSSR count). The number of piperazine rings is 1. The van der Waals surface area contributed by atoms with E-state index in [4.69, 9.17) is 4.74 Å². The Morgan fingerprint density at radius 3 is 2.60 bits per heavy atom. The summed E-state index contributed by atoms with van der Waals surface area (Å²) >= 11 is 0. The van der Waals surface area contributed by atoms with Crippen LogP contribution in [0.5, 0.6) is 5.75 Å². The van der Waals surface area contributed by atoms with Gasteiger partial charge in [-0.15, -0.1) is 0 Å². The van der Waals surface area contributed by atoms with E-state index in [1.165, 1.54) is 25.3 Å². The van der Waals surface area contributed by atoms with Gasteiger partial charge in [-0.05, 0) is 30.5 Å². The number of methoxy groups -OCH3 is 1. The van der Waals surface area contributed by atoms with E-state index in [0.717, 1.165) is 25.7 Å². The third-order valence-corrected chi connectivity index (χ3v) is 5.14. The van der Waals surface area contributed by atoms with Gasteiger partial charge < -0.3 is 14.7 Å². The topological polar surface area (TPSA) is 70.1 Å². The van der Waals surface area contributed by atoms with E-state index in [-0.39, 0.29) is 24.2 Å². The summed E-state index contributed by atoms with van der Waals surface area (Å²) in [4.78, 5) is 27.8. The minimum atomic E-state index is -1.09. The third-order valence-electron chi connectivity index (χ3n) is 5.14. The lowest BCUT2D eigenvalue weighted by Crippen LogP contribution is -2.55. The summed E-state index contributed by atoms with van der Waals surface area (Å²) in [7, 11) is 1.35. The molecular weight excluding hydrogens is 327 g/mol. The molecule has 2 aliphatic rings. The SMILES string of the molecule is COc1ccc(C(C(=O)O)N2CCN(C3CCCC3)C(=O)C2)cc1F. The monoisotopic (exact) mass is 350 g/mol. The second-order valence-electron chi connectivity index (χ2n) is 6.63. The standard InChI is InChI=1S/C18H23FN2O4/c1-25-15-7-6-12(10-14(15)19)17(18(23)24)20-8-9-21(16(22)11-20)13-4-2-3-5-13/h6-7,10,13,17H,2-5,8-9,11H2,1H3,(H,23,24). The predicted octanol–water partition coefficient (Wildman–Crippen LogP) is 2.05. The second-order valence-corrected chi connectivity index (χ2v) is 6.63. The van der Waals surface area contributed by atoms with Crippen molar-refractivity contribution in [3.05, 3.63) is 29.6 Å². The summed E-state index contributed by atoms with van der Waals surface area (Å²) in [5.41, 5.74) is 0.313. The second kappa shape index (κ2) is 7.39. The maximum absolute atomic E-state index is 14.0. The number of benzene rings is 1. The fourth-order valence-corrected chi connectivity index (χ4v) is 3.89. The van der Waals surface area contributed by atoms with E-state index in [2.05, 4.69) is 0 Å². The van der Waals surface area contributed by atoms with Crippen LogP contribution in [-0.4, -0.2) is 59.6 Å². The summed E-state index contributed by atoms with van der Waals surface area (Å²) in [6.45, 7) is 1.03. The first-order chi connectivity index (χ1) is 12.0. The molecule has 0 radical (unpaired) electrons. The number of hydrogen-bond donors (Lipinski definition) is 1. The molecule has 1 aliphatic carbocycles. The first-order valence-electron chi connectivity index (χ1n) is 8.61. The number of rotatable bonds is 5. The normalized spacial score (nSPS) is 20.7. The minimum absolute atomic E-state index is 0.0428. The van der Waals surface area contributed by atoms with Crippen LogP contribution in [-0.2, 0) is 9.59 Å². The van der Waals surface area contributed by atoms with Gasteiger partial charge in [-0.1, -0.05) is 18.9 Å². The number of carbonyl (C=O) groups excluding carboxylic acids is 1. The molecule has 1 amide bonds. The van der Waals surface area contributed by atoms with Crippen LogP contribution >= 0.6 is 0 Å². The van der Waals surface area contributed by atoms with Gasteiger partial charge in [-0.25, -0.2) is 4.39 Å². The molecule has 1 aliphatic heterocycles. The maximum atomic E-state index is 14.0. The van der Waals surface area contributed by atoms with E-state index in [1.54, 1.807) is 4.90 Å². The molecule has 1 aromatic rings. The van der Waals surface area contributed by atoms with Crippen LogP contribution in [0.1, 0.15) is 37.3 Å². The van der Waals surface area contributed by atoms with E-state index < -0.39 is 17.8 Å². The molecule has 136 valence electrons. The predicted molar refractivity (Wildman–Crippen MR) is 88.9 cm³/mol. The summed E-state index contributed by atoms with van der Waals surface area (Å²) in [5, 5.41) is 9.64. The average Bonchev–Trinajstić information content (AvgIpc) is 3.09. The van der Waals surface area contributed by atoms with Gasteiger partial charge in [0.2, 0.25) is 5.91 Å². The highest BCUT2D eigenvalue weighted by atomic mass is 19.1. The van der Waals surface area contributed by atoms with Gasteiger partial charge in [0.15, 0.2) is 11.6 Å². The molecular formula is C18H23FN2O4. The molecule has 1 heterocycles. The summed E-state index contributed by atoms with van der Waals surface area (Å²) in [6.07, 6.45) is 4.33. The highest BCUT2D eigenvalue weighted by molar-refractivity contribution is 5.82. The van der Waals surface area contributed by atoms with Gasteiger partial charge in [-0.3, -0.25) is 14.5 Å². The molecule has 6 nitrogen and oxygen atoms in total. The highest BCUT2D eigenvalue weighted by Gasteiger charge is 2.37. The van der Waals surface area contributed by atoms with Crippen LogP contribution in [0.15, 0.2) is 18.2 Å². The van der Waals surface area contributed by atoms with Crippen molar-refractivity contribution in [2.45, 2.75) is 37.8 Å². The van der Waals surface area contributed by atoms with E-state index in [1.807, 2.05) is 4.90 Å². The Morgan fingerprint density at radius 1 is 1.32 bits per heavy atom. The number of carbonyl (C=O) groups is 2. The molecule has 0 aromatic heterocycles. The van der Waals surface area contributed by atoms with E-state index >= 15 is 0 Å². The van der Waals surface area contributed by atoms with Crippen molar-refractivity contribution in [2.75, 3.05) is 26.7 Å². The number of nitrogens with zero attached hydrogens (tertiary/aromatic N) is 2. The van der Waals surface area contributed by atoms with Gasteiger partial charge in [0, 0.05) is 19.1 Å². The van der Waals surface area contributed by atoms with Crippen molar-refractivity contribution in [3.8, 4) is 5.75 Å². The maximum Gasteiger partial charge on any atom is 0.325 e. The van der Waals surface area contributed by atoms with E-state index in [0.29, 0.717) is 18.7 Å². The van der Waals surface area contributed by atoms with E-state index in [9.17, 15) is 19.1 Å². The Kier molecular flexibility index (Phi) is 5.22. The largest absolute Gasteiger partial charge is 0.494 e. The zero-order valence-corrected chi connectivity index (χ0v) is 14.3. The van der Waals surface area contributed by atoms with Crippen molar-refractivity contribution in [3.63, 3.8) is 0 Å². The zero-order valence-electron chi connectivity index (χ0n) is 14.3. The molecule has 1 unspecified atom stereocenters. The van der Waals surface area contributed by atoms with Gasteiger partial charge in [0.25, 0.3) is 0 Å². The van der Waals surface area contributed by atoms with Crippen molar-refractivity contribution in [1.82, 2.24) is 9.80 Å². The lowest BCUT2D eigenvalue weighted by Gasteiger charge is -2.40. The summed E-state index contributed by atoms with van der Waals surface area (Å²) in [6, 6.07) is 3.36. The van der Waals surface area contributed by atoms with Crippen LogP contribution in [0.2, 0.25) is 0 Å². The lowest BCUT2D eigenvalue weighted by atomic mass is 10.0. The summed E-state index contributed by atoms with van der Waals surface area (Å²) in [5.74, 6) is -1.68. The smallest absolute Gasteiger partial charge is 0.325 e. The first-order valence-corrected chi connectivity index (χ1v) is 8.61. The molecule has 1 N–H and O–H groups in total. The van der Waals surface area contributed by atoms with Gasteiger partial charge in [0.1, 0.15) is 6.04 Å². The molecule has 1 aromatic carbocycles. The zero-order chi connectivity index (χ0) is 18.0. The number of aliphatic carboxylic acids is 1. The van der Waals surface area contributed by atoms with Crippen molar-refractivity contribution in [1.29, 1.82) is 0 Å². The Morgan fingerprint density at radius 2 is 2.04 bits per heavy atom. The van der Waals surface area contributed by atoms with Gasteiger partial charge in [0.05, 0.1) is 13.7 Å². The summed E-state index contributed by atoms with van der Waals surface area (Å²) < 4.78 is 18.8. The average molecular weight is 350 g/mol. The number of hydrogen-bond acceptors (Lipinski definition) is 4. The minimum Gasteiger partial charge on any atom is -0.494 e. The van der Waals surface area contributed by atoms with Gasteiger partial charge in [-0.2, -0.15) is 0 Å². The van der Waals surface area contributed by atoms with Gasteiger partial charge >= 0.3 is 5.97 Å². The molecule has 1 atom stereocenters. The Bertz CT molecular complexity index is 660. The molecule has 1 saturated heterocycles. The fraction of sp³-hybridized carbons (Fsp3) is 0.556. The number of carboxylic acids is 1. The number of carboxylic acid groups (broad SMARTS) is 1. The lowest BCUT2D eigenvalue weighted by molar-refractivity contribution is -0.148.